The van der Waals surface area contributed by atoms with Crippen molar-refractivity contribution in [1.82, 2.24) is 15.1 Å². The van der Waals surface area contributed by atoms with Gasteiger partial charge >= 0.3 is 0 Å². The number of aromatic nitrogens is 2. The Morgan fingerprint density at radius 3 is 2.42 bits per heavy atom. The first-order valence-corrected chi connectivity index (χ1v) is 6.05. The standard InChI is InChI=1S/C12H17N3O4/c1-18-12(19-2)5-7-15(8-6-12)11(17)9-3-4-10(16)14-13-9/h3-4H,5-8H2,1-2H3,(H,14,16). The van der Waals surface area contributed by atoms with Gasteiger partial charge in [-0.1, -0.05) is 0 Å². The topological polar surface area (TPSA) is 84.5 Å². The van der Waals surface area contributed by atoms with Crippen molar-refractivity contribution in [2.75, 3.05) is 27.3 Å². The summed E-state index contributed by atoms with van der Waals surface area (Å²) >= 11 is 0. The molecule has 1 N–H and O–H groups in total. The van der Waals surface area contributed by atoms with E-state index < -0.39 is 5.79 Å². The number of hydrogen-bond acceptors (Lipinski definition) is 5. The Labute approximate surface area is 110 Å². The highest BCUT2D eigenvalue weighted by atomic mass is 16.7. The zero-order chi connectivity index (χ0) is 13.9. The van der Waals surface area contributed by atoms with Gasteiger partial charge in [0.15, 0.2) is 5.79 Å². The molecule has 0 spiro atoms. The maximum Gasteiger partial charge on any atom is 0.274 e. The van der Waals surface area contributed by atoms with E-state index in [9.17, 15) is 9.59 Å². The number of H-pyrrole nitrogens is 1. The molecule has 1 aliphatic rings. The van der Waals surface area contributed by atoms with Crippen molar-refractivity contribution in [1.29, 1.82) is 0 Å². The number of ether oxygens (including phenoxy) is 2. The number of methoxy groups -OCH3 is 2. The molecule has 0 unspecified atom stereocenters. The molecule has 2 rings (SSSR count). The number of piperidine rings is 1. The van der Waals surface area contributed by atoms with Gasteiger partial charge in [-0.05, 0) is 6.07 Å². The third kappa shape index (κ3) is 2.82. The highest BCUT2D eigenvalue weighted by molar-refractivity contribution is 5.92. The van der Waals surface area contributed by atoms with Crippen LogP contribution in [-0.2, 0) is 9.47 Å². The molecule has 104 valence electrons. The summed E-state index contributed by atoms with van der Waals surface area (Å²) in [5.41, 5.74) is -0.0880. The van der Waals surface area contributed by atoms with Gasteiger partial charge in [0.25, 0.3) is 11.5 Å². The molecule has 1 saturated heterocycles. The van der Waals surface area contributed by atoms with Crippen LogP contribution in [0.1, 0.15) is 23.3 Å². The van der Waals surface area contributed by atoms with Crippen LogP contribution in [0.2, 0.25) is 0 Å². The molecule has 0 saturated carbocycles. The Kier molecular flexibility index (Phi) is 3.96. The zero-order valence-corrected chi connectivity index (χ0v) is 11.0. The van der Waals surface area contributed by atoms with Crippen molar-refractivity contribution in [3.8, 4) is 0 Å². The number of hydrogen-bond donors (Lipinski definition) is 1. The minimum absolute atomic E-state index is 0.197. The molecular formula is C12H17N3O4. The van der Waals surface area contributed by atoms with Crippen molar-refractivity contribution in [2.45, 2.75) is 18.6 Å². The van der Waals surface area contributed by atoms with Crippen molar-refractivity contribution in [3.05, 3.63) is 28.2 Å². The SMILES string of the molecule is COC1(OC)CCN(C(=O)c2ccc(=O)[nH]n2)CC1. The van der Waals surface area contributed by atoms with Crippen LogP contribution in [0.5, 0.6) is 0 Å². The predicted molar refractivity (Wildman–Crippen MR) is 66.7 cm³/mol. The summed E-state index contributed by atoms with van der Waals surface area (Å²) in [5, 5.41) is 5.99. The minimum atomic E-state index is -0.602. The van der Waals surface area contributed by atoms with E-state index in [2.05, 4.69) is 10.2 Å². The molecule has 1 aliphatic heterocycles. The summed E-state index contributed by atoms with van der Waals surface area (Å²) < 4.78 is 10.7. The van der Waals surface area contributed by atoms with Crippen LogP contribution in [0.15, 0.2) is 16.9 Å². The molecule has 1 aromatic rings. The molecule has 0 radical (unpaired) electrons. The summed E-state index contributed by atoms with van der Waals surface area (Å²) in [6.45, 7) is 1.06. The second-order valence-electron chi connectivity index (χ2n) is 4.42. The van der Waals surface area contributed by atoms with Gasteiger partial charge < -0.3 is 14.4 Å². The molecule has 7 nitrogen and oxygen atoms in total. The third-order valence-electron chi connectivity index (χ3n) is 3.45. The highest BCUT2D eigenvalue weighted by Gasteiger charge is 2.36. The molecular weight excluding hydrogens is 250 g/mol. The van der Waals surface area contributed by atoms with Crippen LogP contribution >= 0.6 is 0 Å². The summed E-state index contributed by atoms with van der Waals surface area (Å²) in [4.78, 5) is 24.7. The largest absolute Gasteiger partial charge is 0.353 e. The fourth-order valence-corrected chi connectivity index (χ4v) is 2.17. The number of likely N-dealkylation sites (tertiary alicyclic amines) is 1. The molecule has 19 heavy (non-hydrogen) atoms. The van der Waals surface area contributed by atoms with Crippen LogP contribution in [0.25, 0.3) is 0 Å². The third-order valence-corrected chi connectivity index (χ3v) is 3.45. The molecule has 1 amide bonds. The Morgan fingerprint density at radius 1 is 1.32 bits per heavy atom. The van der Waals surface area contributed by atoms with Crippen LogP contribution < -0.4 is 5.56 Å². The number of carbonyl (C=O) groups is 1. The molecule has 0 aromatic carbocycles. The van der Waals surface area contributed by atoms with E-state index in [1.807, 2.05) is 0 Å². The van der Waals surface area contributed by atoms with Gasteiger partial charge in [0.2, 0.25) is 0 Å². The Morgan fingerprint density at radius 2 is 1.95 bits per heavy atom. The van der Waals surface area contributed by atoms with Crippen LogP contribution in [0.3, 0.4) is 0 Å². The Bertz CT molecular complexity index is 479. The van der Waals surface area contributed by atoms with Gasteiger partial charge in [-0.15, -0.1) is 0 Å². The maximum absolute atomic E-state index is 12.2. The maximum atomic E-state index is 12.2. The number of amides is 1. The Hall–Kier alpha value is -1.73. The van der Waals surface area contributed by atoms with Gasteiger partial charge in [0.1, 0.15) is 5.69 Å². The van der Waals surface area contributed by atoms with Crippen molar-refractivity contribution in [2.24, 2.45) is 0 Å². The lowest BCUT2D eigenvalue weighted by atomic mass is 10.0. The van der Waals surface area contributed by atoms with Crippen molar-refractivity contribution >= 4 is 5.91 Å². The fraction of sp³-hybridized carbons (Fsp3) is 0.583. The van der Waals surface area contributed by atoms with E-state index in [0.29, 0.717) is 25.9 Å². The van der Waals surface area contributed by atoms with Gasteiger partial charge in [0, 0.05) is 46.2 Å². The second kappa shape index (κ2) is 5.50. The monoisotopic (exact) mass is 267 g/mol. The van der Waals surface area contributed by atoms with Crippen LogP contribution in [0, 0.1) is 0 Å². The van der Waals surface area contributed by atoms with Gasteiger partial charge in [-0.25, -0.2) is 5.10 Å². The molecule has 2 heterocycles. The average molecular weight is 267 g/mol. The number of rotatable bonds is 3. The first-order valence-electron chi connectivity index (χ1n) is 6.05. The van der Waals surface area contributed by atoms with Crippen molar-refractivity contribution < 1.29 is 14.3 Å². The number of carbonyl (C=O) groups excluding carboxylic acids is 1. The van der Waals surface area contributed by atoms with Crippen molar-refractivity contribution in [3.63, 3.8) is 0 Å². The number of aromatic amines is 1. The normalized spacial score (nSPS) is 18.3. The molecule has 0 bridgehead atoms. The average Bonchev–Trinajstić information content (AvgIpc) is 2.47. The van der Waals surface area contributed by atoms with Crippen LogP contribution in [0.4, 0.5) is 0 Å². The smallest absolute Gasteiger partial charge is 0.274 e. The van der Waals surface area contributed by atoms with Crippen LogP contribution in [-0.4, -0.2) is 54.1 Å². The molecule has 1 aromatic heterocycles. The highest BCUT2D eigenvalue weighted by Crippen LogP contribution is 2.26. The van der Waals surface area contributed by atoms with E-state index in [0.717, 1.165) is 0 Å². The van der Waals surface area contributed by atoms with Gasteiger partial charge in [0.05, 0.1) is 0 Å². The number of nitrogens with zero attached hydrogens (tertiary/aromatic N) is 2. The lowest BCUT2D eigenvalue weighted by Crippen LogP contribution is -2.48. The van der Waals surface area contributed by atoms with E-state index in [1.54, 1.807) is 19.1 Å². The zero-order valence-electron chi connectivity index (χ0n) is 11.0. The predicted octanol–water partition coefficient (Wildman–Crippen LogP) is -0.00500. The first-order chi connectivity index (χ1) is 9.10. The molecule has 1 fully saturated rings. The van der Waals surface area contributed by atoms with Gasteiger partial charge in [-0.3, -0.25) is 9.59 Å². The lowest BCUT2D eigenvalue weighted by Gasteiger charge is -2.39. The minimum Gasteiger partial charge on any atom is -0.353 e. The summed E-state index contributed by atoms with van der Waals surface area (Å²) in [6, 6.07) is 2.72. The number of nitrogens with one attached hydrogen (secondary N) is 1. The summed E-state index contributed by atoms with van der Waals surface area (Å²) in [7, 11) is 3.20. The van der Waals surface area contributed by atoms with E-state index >= 15 is 0 Å². The Balaban J connectivity index is 2.03. The molecule has 0 atom stereocenters. The quantitative estimate of drug-likeness (QED) is 0.779. The fourth-order valence-electron chi connectivity index (χ4n) is 2.17. The van der Waals surface area contributed by atoms with E-state index in [4.69, 9.17) is 9.47 Å². The lowest BCUT2D eigenvalue weighted by molar-refractivity contribution is -0.226. The summed E-state index contributed by atoms with van der Waals surface area (Å²) in [5.74, 6) is -0.799. The van der Waals surface area contributed by atoms with E-state index in [1.165, 1.54) is 12.1 Å². The second-order valence-corrected chi connectivity index (χ2v) is 4.42. The van der Waals surface area contributed by atoms with E-state index in [-0.39, 0.29) is 17.2 Å². The first kappa shape index (κ1) is 13.7. The summed E-state index contributed by atoms with van der Waals surface area (Å²) in [6.07, 6.45) is 1.21. The van der Waals surface area contributed by atoms with Gasteiger partial charge in [-0.2, -0.15) is 5.10 Å². The molecule has 7 heteroatoms. The molecule has 0 aliphatic carbocycles.